The van der Waals surface area contributed by atoms with Gasteiger partial charge in [0.25, 0.3) is 5.91 Å². The Bertz CT molecular complexity index is 1130. The van der Waals surface area contributed by atoms with E-state index in [2.05, 4.69) is 57.7 Å². The summed E-state index contributed by atoms with van der Waals surface area (Å²) in [5, 5.41) is 0.839. The van der Waals surface area contributed by atoms with Crippen LogP contribution in [0, 0.1) is 5.92 Å². The quantitative estimate of drug-likeness (QED) is 0.220. The Morgan fingerprint density at radius 3 is 2.45 bits per heavy atom. The second kappa shape index (κ2) is 15.0. The lowest BCUT2D eigenvalue weighted by Crippen LogP contribution is -2.55. The molecule has 1 amide bonds. The van der Waals surface area contributed by atoms with Crippen LogP contribution in [0.5, 0.6) is 0 Å². The van der Waals surface area contributed by atoms with Crippen LogP contribution in [-0.4, -0.2) is 52.8 Å². The highest BCUT2D eigenvalue weighted by Crippen LogP contribution is 2.42. The van der Waals surface area contributed by atoms with Gasteiger partial charge in [-0.1, -0.05) is 62.6 Å². The van der Waals surface area contributed by atoms with Gasteiger partial charge in [0.05, 0.1) is 0 Å². The van der Waals surface area contributed by atoms with Crippen molar-refractivity contribution in [2.45, 2.75) is 105 Å². The van der Waals surface area contributed by atoms with Gasteiger partial charge in [0.15, 0.2) is 5.67 Å². The zero-order valence-electron chi connectivity index (χ0n) is 25.5. The number of nitrogens with zero attached hydrogens (tertiary/aromatic N) is 3. The van der Waals surface area contributed by atoms with E-state index < -0.39 is 5.67 Å². The molecule has 1 aromatic carbocycles. The van der Waals surface area contributed by atoms with Crippen LogP contribution in [0.4, 0.5) is 4.39 Å². The molecule has 3 fully saturated rings. The van der Waals surface area contributed by atoms with Crippen molar-refractivity contribution >= 4 is 23.2 Å². The molecule has 3 aliphatic rings. The molecule has 0 N–H and O–H groups in total. The molecule has 0 spiro atoms. The molecular weight excluding hydrogens is 521 g/mol. The van der Waals surface area contributed by atoms with Gasteiger partial charge in [-0.15, -0.1) is 0 Å². The lowest BCUT2D eigenvalue weighted by atomic mass is 9.75. The van der Waals surface area contributed by atoms with Crippen molar-refractivity contribution in [2.75, 3.05) is 19.6 Å². The maximum atomic E-state index is 14.3. The molecule has 0 bridgehead atoms. The first-order chi connectivity index (χ1) is 19.1. The van der Waals surface area contributed by atoms with Gasteiger partial charge in [0, 0.05) is 53.9 Å². The average Bonchev–Trinajstić information content (AvgIpc) is 3.66. The lowest BCUT2D eigenvalue weighted by molar-refractivity contribution is -0.142. The topological polar surface area (TPSA) is 35.9 Å². The Morgan fingerprint density at radius 1 is 1.20 bits per heavy atom. The Hall–Kier alpha value is -2.40. The minimum absolute atomic E-state index is 0.00525. The Labute approximate surface area is 247 Å². The molecule has 220 valence electrons. The van der Waals surface area contributed by atoms with Crippen LogP contribution in [-0.2, 0) is 11.2 Å². The maximum Gasteiger partial charge on any atom is 0.260 e. The molecule has 0 radical (unpaired) electrons. The summed E-state index contributed by atoms with van der Waals surface area (Å²) in [5.41, 5.74) is 4.67. The molecule has 0 aromatic heterocycles. The van der Waals surface area contributed by atoms with Crippen LogP contribution in [0.15, 0.2) is 64.5 Å². The maximum absolute atomic E-state index is 14.3. The fraction of sp³-hybridized carbons (Fsp3) is 0.588. The van der Waals surface area contributed by atoms with Gasteiger partial charge in [-0.25, -0.2) is 4.39 Å². The van der Waals surface area contributed by atoms with E-state index in [-0.39, 0.29) is 11.9 Å². The van der Waals surface area contributed by atoms with Crippen molar-refractivity contribution in [2.24, 2.45) is 10.9 Å². The molecule has 1 heterocycles. The smallest absolute Gasteiger partial charge is 0.260 e. The van der Waals surface area contributed by atoms with E-state index in [9.17, 15) is 9.18 Å². The number of hydrogen-bond acceptors (Lipinski definition) is 3. The van der Waals surface area contributed by atoms with Gasteiger partial charge >= 0.3 is 0 Å². The van der Waals surface area contributed by atoms with Crippen molar-refractivity contribution in [1.82, 2.24) is 9.80 Å². The molecule has 6 heteroatoms. The number of benzene rings is 1. The molecule has 1 aliphatic heterocycles. The number of piperazine rings is 1. The van der Waals surface area contributed by atoms with Crippen molar-refractivity contribution in [3.8, 4) is 0 Å². The normalized spacial score (nSPS) is 21.9. The number of halogens is 2. The van der Waals surface area contributed by atoms with Gasteiger partial charge < -0.3 is 9.80 Å². The van der Waals surface area contributed by atoms with Crippen LogP contribution in [0.2, 0.25) is 5.02 Å². The number of carbonyl (C=O) groups is 1. The van der Waals surface area contributed by atoms with Gasteiger partial charge in [0.2, 0.25) is 0 Å². The highest BCUT2D eigenvalue weighted by atomic mass is 35.5. The van der Waals surface area contributed by atoms with E-state index in [4.69, 9.17) is 16.6 Å². The second-order valence-electron chi connectivity index (χ2n) is 11.5. The van der Waals surface area contributed by atoms with Crippen LogP contribution in [0.3, 0.4) is 0 Å². The van der Waals surface area contributed by atoms with Gasteiger partial charge in [-0.3, -0.25) is 9.79 Å². The molecule has 1 unspecified atom stereocenters. The monoisotopic (exact) mass is 569 g/mol. The zero-order valence-corrected chi connectivity index (χ0v) is 26.2. The van der Waals surface area contributed by atoms with E-state index >= 15 is 0 Å². The molecule has 4 rings (SSSR count). The summed E-state index contributed by atoms with van der Waals surface area (Å²) in [6, 6.07) is 8.03. The van der Waals surface area contributed by atoms with E-state index in [0.29, 0.717) is 25.3 Å². The van der Waals surface area contributed by atoms with Crippen LogP contribution in [0.25, 0.3) is 0 Å². The van der Waals surface area contributed by atoms with Crippen molar-refractivity contribution in [3.05, 3.63) is 70.0 Å². The van der Waals surface area contributed by atoms with E-state index in [1.54, 1.807) is 4.90 Å². The largest absolute Gasteiger partial charge is 0.371 e. The summed E-state index contributed by atoms with van der Waals surface area (Å²) < 4.78 is 14.3. The number of alkyl halides is 1. The summed E-state index contributed by atoms with van der Waals surface area (Å²) in [5.74, 6) is 0.310. The van der Waals surface area contributed by atoms with E-state index in [1.807, 2.05) is 31.3 Å². The summed E-state index contributed by atoms with van der Waals surface area (Å²) in [6.45, 7) is 14.8. The number of aryl methyl sites for hydroxylation is 1. The van der Waals surface area contributed by atoms with Gasteiger partial charge in [-0.2, -0.15) is 0 Å². The Morgan fingerprint density at radius 2 is 1.93 bits per heavy atom. The SMILES string of the molecule is CCCc1cccc(Cl)c1.C\C=C(C(/C(C)=N/C=C/CC)=C(/C)N1CCN(C(=O)C2(F)CC2)C(C)C1)\C1CCC1. The van der Waals surface area contributed by atoms with Crippen molar-refractivity contribution in [3.63, 3.8) is 0 Å². The summed E-state index contributed by atoms with van der Waals surface area (Å²) in [6.07, 6.45) is 14.1. The predicted molar refractivity (Wildman–Crippen MR) is 168 cm³/mol. The molecule has 2 aliphatic carbocycles. The standard InChI is InChI=1S/C25H38FN3O.C9H11Cl/c1-6-8-14-27-19(4)23(22(7-2)21-10-9-11-21)20(5)28-15-16-29(18(3)17-28)24(30)25(26)12-13-25;1-2-4-8-5-3-6-9(10)7-8/h7-8,14,18,21H,6,9-13,15-17H2,1-5H3;3,5-7H,2,4H2,1H3/b14-8+,22-7-,23-20-,27-19+;. The van der Waals surface area contributed by atoms with Crippen LogP contribution < -0.4 is 0 Å². The van der Waals surface area contributed by atoms with E-state index in [0.717, 1.165) is 36.7 Å². The fourth-order valence-electron chi connectivity index (χ4n) is 5.60. The molecular formula is C34H49ClFN3O. The first-order valence-electron chi connectivity index (χ1n) is 15.2. The van der Waals surface area contributed by atoms with Crippen molar-refractivity contribution in [1.29, 1.82) is 0 Å². The molecule has 1 atom stereocenters. The third-order valence-electron chi connectivity index (χ3n) is 8.34. The molecule has 1 saturated heterocycles. The highest BCUT2D eigenvalue weighted by molar-refractivity contribution is 6.30. The summed E-state index contributed by atoms with van der Waals surface area (Å²) in [7, 11) is 0. The number of carbonyl (C=O) groups excluding carboxylic acids is 1. The highest BCUT2D eigenvalue weighted by Gasteiger charge is 2.53. The second-order valence-corrected chi connectivity index (χ2v) is 11.9. The number of hydrogen-bond donors (Lipinski definition) is 0. The first kappa shape index (κ1) is 32.1. The van der Waals surface area contributed by atoms with Crippen LogP contribution >= 0.6 is 11.6 Å². The molecule has 2 saturated carbocycles. The number of rotatable bonds is 9. The Balaban J connectivity index is 0.000000371. The summed E-state index contributed by atoms with van der Waals surface area (Å²) >= 11 is 5.78. The van der Waals surface area contributed by atoms with Gasteiger partial charge in [-0.05, 0) is 95.4 Å². The molecule has 40 heavy (non-hydrogen) atoms. The third-order valence-corrected chi connectivity index (χ3v) is 8.58. The summed E-state index contributed by atoms with van der Waals surface area (Å²) in [4.78, 5) is 21.4. The third kappa shape index (κ3) is 8.31. The zero-order chi connectivity index (χ0) is 29.3. The predicted octanol–water partition coefficient (Wildman–Crippen LogP) is 8.72. The minimum Gasteiger partial charge on any atom is -0.371 e. The van der Waals surface area contributed by atoms with Crippen LogP contribution in [0.1, 0.15) is 92.1 Å². The number of amides is 1. The van der Waals surface area contributed by atoms with E-state index in [1.165, 1.54) is 48.1 Å². The number of aliphatic imine (C=N–C) groups is 1. The molecule has 4 nitrogen and oxygen atoms in total. The van der Waals surface area contributed by atoms with Gasteiger partial charge in [0.1, 0.15) is 0 Å². The average molecular weight is 570 g/mol. The minimum atomic E-state index is -1.58. The Kier molecular flexibility index (Phi) is 12.0. The lowest BCUT2D eigenvalue weighted by Gasteiger charge is -2.43. The fourth-order valence-corrected chi connectivity index (χ4v) is 5.81. The first-order valence-corrected chi connectivity index (χ1v) is 15.6. The molecule has 1 aromatic rings. The number of allylic oxidation sites excluding steroid dienone is 5. The van der Waals surface area contributed by atoms with Crippen molar-refractivity contribution < 1.29 is 9.18 Å².